The van der Waals surface area contributed by atoms with E-state index in [0.717, 1.165) is 17.5 Å². The molecule has 14 heteroatoms. The zero-order valence-corrected chi connectivity index (χ0v) is 27.1. The van der Waals surface area contributed by atoms with Crippen LogP contribution in [0.4, 0.5) is 0 Å². The van der Waals surface area contributed by atoms with Gasteiger partial charge in [-0.3, -0.25) is 14.4 Å². The second kappa shape index (κ2) is 12.1. The van der Waals surface area contributed by atoms with Gasteiger partial charge < -0.3 is 39.0 Å². The third-order valence-corrected chi connectivity index (χ3v) is 10.0. The van der Waals surface area contributed by atoms with E-state index in [1.165, 1.54) is 45.6 Å². The lowest BCUT2D eigenvalue weighted by molar-refractivity contribution is -0.122. The quantitative estimate of drug-likeness (QED) is 0.292. The molecule has 1 spiro atoms. The highest BCUT2D eigenvalue weighted by atomic mass is 35.5. The Bertz CT molecular complexity index is 1780. The fourth-order valence-corrected chi connectivity index (χ4v) is 7.56. The van der Waals surface area contributed by atoms with Crippen molar-refractivity contribution in [1.29, 1.82) is 0 Å². The minimum atomic E-state index is -2.03. The van der Waals surface area contributed by atoms with Gasteiger partial charge in [-0.2, -0.15) is 0 Å². The molecule has 1 aromatic heterocycles. The van der Waals surface area contributed by atoms with Crippen molar-refractivity contribution in [1.82, 2.24) is 14.9 Å². The maximum Gasteiger partial charge on any atom is 0.231 e. The van der Waals surface area contributed by atoms with Gasteiger partial charge in [0.25, 0.3) is 0 Å². The van der Waals surface area contributed by atoms with Gasteiger partial charge in [-0.15, -0.1) is 0 Å². The first-order chi connectivity index (χ1) is 22.0. The number of rotatable bonds is 9. The van der Waals surface area contributed by atoms with Crippen LogP contribution < -0.4 is 24.3 Å². The summed E-state index contributed by atoms with van der Waals surface area (Å²) >= 11 is 8.21. The van der Waals surface area contributed by atoms with Gasteiger partial charge in [-0.05, 0) is 17.7 Å². The van der Waals surface area contributed by atoms with E-state index in [2.05, 4.69) is 10.3 Å². The summed E-state index contributed by atoms with van der Waals surface area (Å²) in [6.45, 7) is 2.62. The zero-order chi connectivity index (χ0) is 32.9. The molecule has 0 bridgehead atoms. The number of aliphatic hydroxyl groups is 1. The number of benzene rings is 2. The lowest BCUT2D eigenvalue weighted by Gasteiger charge is -2.38. The molecule has 3 aromatic rings. The molecule has 1 amide bonds. The van der Waals surface area contributed by atoms with Gasteiger partial charge in [0, 0.05) is 54.8 Å². The highest BCUT2D eigenvalue weighted by Crippen LogP contribution is 2.56. The predicted molar refractivity (Wildman–Crippen MR) is 168 cm³/mol. The SMILES string of the molecule is COc1cc(C(CC(=O)NCc2cn3c(n2)SCC3)C2=C(O)C3(Oc4c(Cl)c(OC)cc(OC)c4C3=O)C(C)CC2=O)ccc1O. The van der Waals surface area contributed by atoms with E-state index in [0.29, 0.717) is 11.3 Å². The van der Waals surface area contributed by atoms with Crippen molar-refractivity contribution < 1.29 is 43.5 Å². The number of hydrogen-bond donors (Lipinski definition) is 3. The number of allylic oxidation sites excluding steroid dienone is 1. The molecular weight excluding hydrogens is 638 g/mol. The van der Waals surface area contributed by atoms with Crippen molar-refractivity contribution in [3.05, 3.63) is 63.6 Å². The summed E-state index contributed by atoms with van der Waals surface area (Å²) in [5.74, 6) is -2.87. The van der Waals surface area contributed by atoms with Crippen LogP contribution in [0.2, 0.25) is 5.02 Å². The number of amides is 1. The van der Waals surface area contributed by atoms with Crippen molar-refractivity contribution in [2.24, 2.45) is 5.92 Å². The molecule has 3 atom stereocenters. The molecule has 3 N–H and O–H groups in total. The number of aliphatic hydroxyl groups excluding tert-OH is 1. The summed E-state index contributed by atoms with van der Waals surface area (Å²) in [6, 6.07) is 5.84. The second-order valence-corrected chi connectivity index (χ2v) is 12.7. The van der Waals surface area contributed by atoms with Crippen molar-refractivity contribution in [3.8, 4) is 28.7 Å². The molecular formula is C32H32ClN3O9S. The molecule has 2 aliphatic heterocycles. The normalized spacial score (nSPS) is 20.8. The molecule has 0 saturated heterocycles. The second-order valence-electron chi connectivity index (χ2n) is 11.3. The number of phenolic OH excluding ortho intramolecular Hbond substituents is 1. The third-order valence-electron chi connectivity index (χ3n) is 8.68. The first-order valence-corrected chi connectivity index (χ1v) is 15.9. The van der Waals surface area contributed by atoms with E-state index < -0.39 is 40.7 Å². The van der Waals surface area contributed by atoms with E-state index >= 15 is 0 Å². The molecule has 242 valence electrons. The first-order valence-electron chi connectivity index (χ1n) is 14.5. The maximum absolute atomic E-state index is 14.3. The number of methoxy groups -OCH3 is 3. The molecule has 1 aliphatic carbocycles. The standard InChI is InChI=1S/C32H32ClN3O9S/c1-15-9-20(38)25(29(40)32(15)30(41)26-22(43-3)12-23(44-4)27(33)28(26)45-32)18(16-5-6-19(37)21(10-16)42-2)11-24(39)34-13-17-14-36-7-8-46-31(36)35-17/h5-6,10,12,14-15,18,37,40H,7-9,11,13H2,1-4H3,(H,34,39). The predicted octanol–water partition coefficient (Wildman–Crippen LogP) is 4.60. The smallest absolute Gasteiger partial charge is 0.231 e. The highest BCUT2D eigenvalue weighted by Gasteiger charge is 2.61. The Hall–Kier alpha value is -4.36. The van der Waals surface area contributed by atoms with Gasteiger partial charge in [-0.1, -0.05) is 36.4 Å². The Kier molecular flexibility index (Phi) is 8.32. The molecule has 12 nitrogen and oxygen atoms in total. The Morgan fingerprint density at radius 2 is 1.91 bits per heavy atom. The molecule has 46 heavy (non-hydrogen) atoms. The Balaban J connectivity index is 1.42. The average molecular weight is 670 g/mol. The number of hydrogen-bond acceptors (Lipinski definition) is 11. The number of Topliss-reactive ketones (excluding diaryl/α,β-unsaturated/α-hetero) is 2. The van der Waals surface area contributed by atoms with Crippen molar-refractivity contribution >= 4 is 40.8 Å². The van der Waals surface area contributed by atoms with E-state index in [-0.39, 0.29) is 64.3 Å². The van der Waals surface area contributed by atoms with Crippen LogP contribution >= 0.6 is 23.4 Å². The molecule has 0 radical (unpaired) electrons. The number of aromatic nitrogens is 2. The van der Waals surface area contributed by atoms with Crippen LogP contribution in [-0.2, 0) is 22.7 Å². The monoisotopic (exact) mass is 669 g/mol. The Morgan fingerprint density at radius 3 is 2.61 bits per heavy atom. The first kappa shape index (κ1) is 31.6. The van der Waals surface area contributed by atoms with E-state index in [1.54, 1.807) is 18.7 Å². The number of nitrogens with zero attached hydrogens (tertiary/aromatic N) is 2. The lowest BCUT2D eigenvalue weighted by atomic mass is 9.69. The van der Waals surface area contributed by atoms with E-state index in [1.807, 2.05) is 10.8 Å². The fraction of sp³-hybridized carbons (Fsp3) is 0.375. The number of aryl methyl sites for hydroxylation is 1. The minimum Gasteiger partial charge on any atom is -0.507 e. The fourth-order valence-electron chi connectivity index (χ4n) is 6.33. The number of phenols is 1. The number of thioether (sulfide) groups is 1. The average Bonchev–Trinajstić information content (AvgIpc) is 3.73. The van der Waals surface area contributed by atoms with Gasteiger partial charge in [0.2, 0.25) is 17.3 Å². The summed E-state index contributed by atoms with van der Waals surface area (Å²) in [7, 11) is 4.14. The summed E-state index contributed by atoms with van der Waals surface area (Å²) in [6.07, 6.45) is 1.42. The Morgan fingerprint density at radius 1 is 1.17 bits per heavy atom. The lowest BCUT2D eigenvalue weighted by Crippen LogP contribution is -2.53. The number of nitrogens with one attached hydrogen (secondary N) is 1. The summed E-state index contributed by atoms with van der Waals surface area (Å²) < 4.78 is 24.4. The maximum atomic E-state index is 14.3. The van der Waals surface area contributed by atoms with Gasteiger partial charge in [-0.25, -0.2) is 4.98 Å². The highest BCUT2D eigenvalue weighted by molar-refractivity contribution is 7.99. The number of carbonyl (C=O) groups excluding carboxylic acids is 3. The van der Waals surface area contributed by atoms with Gasteiger partial charge in [0.15, 0.2) is 33.9 Å². The third kappa shape index (κ3) is 5.01. The van der Waals surface area contributed by atoms with Crippen LogP contribution in [0.5, 0.6) is 28.7 Å². The van der Waals surface area contributed by atoms with Crippen molar-refractivity contribution in [2.75, 3.05) is 27.1 Å². The van der Waals surface area contributed by atoms with Crippen molar-refractivity contribution in [2.45, 2.75) is 49.5 Å². The van der Waals surface area contributed by atoms with Crippen LogP contribution in [0.25, 0.3) is 0 Å². The molecule has 3 aliphatic rings. The number of aromatic hydroxyl groups is 1. The summed E-state index contributed by atoms with van der Waals surface area (Å²) in [4.78, 5) is 46.1. The summed E-state index contributed by atoms with van der Waals surface area (Å²) in [5, 5.41) is 26.1. The van der Waals surface area contributed by atoms with Gasteiger partial charge in [0.1, 0.15) is 22.1 Å². The van der Waals surface area contributed by atoms with E-state index in [4.69, 9.17) is 30.5 Å². The molecule has 0 saturated carbocycles. The number of fused-ring (bicyclic) bond motifs is 2. The van der Waals surface area contributed by atoms with Crippen LogP contribution in [0, 0.1) is 5.92 Å². The van der Waals surface area contributed by atoms with Crippen LogP contribution in [0.3, 0.4) is 0 Å². The van der Waals surface area contributed by atoms with Gasteiger partial charge in [0.05, 0.1) is 33.6 Å². The van der Waals surface area contributed by atoms with E-state index in [9.17, 15) is 24.6 Å². The number of halogens is 1. The molecule has 6 rings (SSSR count). The molecule has 3 unspecified atom stereocenters. The largest absolute Gasteiger partial charge is 0.507 e. The molecule has 2 aromatic carbocycles. The number of ether oxygens (including phenoxy) is 4. The molecule has 0 fully saturated rings. The van der Waals surface area contributed by atoms with Crippen LogP contribution in [0.1, 0.15) is 47.3 Å². The topological polar surface area (TPSA) is 158 Å². The van der Waals surface area contributed by atoms with Gasteiger partial charge >= 0.3 is 0 Å². The van der Waals surface area contributed by atoms with Crippen LogP contribution in [0.15, 0.2) is 47.0 Å². The number of imidazole rings is 1. The van der Waals surface area contributed by atoms with Crippen molar-refractivity contribution in [3.63, 3.8) is 0 Å². The number of carbonyl (C=O) groups is 3. The summed E-state index contributed by atoms with van der Waals surface area (Å²) in [5.41, 5.74) is -1.11. The number of ketones is 2. The van der Waals surface area contributed by atoms with Crippen LogP contribution in [-0.4, -0.2) is 69.9 Å². The Labute approximate surface area is 273 Å². The zero-order valence-electron chi connectivity index (χ0n) is 25.5. The molecule has 3 heterocycles. The minimum absolute atomic E-state index is 0.00448.